The molecule has 138 valence electrons. The minimum absolute atomic E-state index is 0.00885. The quantitative estimate of drug-likeness (QED) is 0.516. The summed E-state index contributed by atoms with van der Waals surface area (Å²) in [5.74, 6) is -0.270. The molecular weight excluding hydrogens is 346 g/mol. The molecule has 8 nitrogen and oxygen atoms in total. The Kier molecular flexibility index (Phi) is 5.16. The second-order valence-electron chi connectivity index (χ2n) is 6.21. The first-order chi connectivity index (χ1) is 13.0. The lowest BCUT2D eigenvalue weighted by molar-refractivity contribution is -0.384. The highest BCUT2D eigenvalue weighted by Gasteiger charge is 2.16. The zero-order valence-electron chi connectivity index (χ0n) is 15.0. The SMILES string of the molecule is CN(C)c1ccc(CNC(=O)c2cn[nH]c2-c2ccc([N+](=O)[O-])cc2)cc1. The fourth-order valence-electron chi connectivity index (χ4n) is 2.62. The molecule has 1 heterocycles. The maximum atomic E-state index is 12.5. The molecule has 3 rings (SSSR count). The van der Waals surface area contributed by atoms with Crippen LogP contribution in [0.1, 0.15) is 15.9 Å². The lowest BCUT2D eigenvalue weighted by Gasteiger charge is -2.13. The van der Waals surface area contributed by atoms with E-state index in [9.17, 15) is 14.9 Å². The van der Waals surface area contributed by atoms with Gasteiger partial charge in [-0.3, -0.25) is 20.0 Å². The average molecular weight is 365 g/mol. The number of carbonyl (C=O) groups excluding carboxylic acids is 1. The number of aromatic nitrogens is 2. The molecular formula is C19H19N5O3. The lowest BCUT2D eigenvalue weighted by Crippen LogP contribution is -2.23. The van der Waals surface area contributed by atoms with Crippen LogP contribution in [0.5, 0.6) is 0 Å². The van der Waals surface area contributed by atoms with Crippen molar-refractivity contribution in [2.75, 3.05) is 19.0 Å². The van der Waals surface area contributed by atoms with Crippen LogP contribution in [-0.4, -0.2) is 35.1 Å². The maximum absolute atomic E-state index is 12.5. The molecule has 0 unspecified atom stereocenters. The summed E-state index contributed by atoms with van der Waals surface area (Å²) in [7, 11) is 3.94. The molecule has 27 heavy (non-hydrogen) atoms. The van der Waals surface area contributed by atoms with Crippen molar-refractivity contribution in [3.63, 3.8) is 0 Å². The number of non-ortho nitro benzene ring substituents is 1. The lowest BCUT2D eigenvalue weighted by atomic mass is 10.1. The Morgan fingerprint density at radius 2 is 1.81 bits per heavy atom. The van der Waals surface area contributed by atoms with Gasteiger partial charge in [-0.25, -0.2) is 0 Å². The van der Waals surface area contributed by atoms with Crippen LogP contribution < -0.4 is 10.2 Å². The van der Waals surface area contributed by atoms with Crippen LogP contribution in [-0.2, 0) is 6.54 Å². The third kappa shape index (κ3) is 4.12. The van der Waals surface area contributed by atoms with Gasteiger partial charge in [0.05, 0.1) is 22.4 Å². The molecule has 1 amide bonds. The highest BCUT2D eigenvalue weighted by Crippen LogP contribution is 2.23. The molecule has 0 aliphatic carbocycles. The van der Waals surface area contributed by atoms with Gasteiger partial charge < -0.3 is 10.2 Å². The number of amides is 1. The molecule has 0 saturated heterocycles. The number of carbonyl (C=O) groups is 1. The normalized spacial score (nSPS) is 10.4. The van der Waals surface area contributed by atoms with Crippen LogP contribution in [0.25, 0.3) is 11.3 Å². The van der Waals surface area contributed by atoms with Gasteiger partial charge in [0.25, 0.3) is 11.6 Å². The van der Waals surface area contributed by atoms with Gasteiger partial charge in [0.15, 0.2) is 0 Å². The number of anilines is 1. The Morgan fingerprint density at radius 3 is 2.41 bits per heavy atom. The van der Waals surface area contributed by atoms with E-state index in [1.54, 1.807) is 12.1 Å². The van der Waals surface area contributed by atoms with Crippen molar-refractivity contribution >= 4 is 17.3 Å². The van der Waals surface area contributed by atoms with Crippen LogP contribution in [0.3, 0.4) is 0 Å². The van der Waals surface area contributed by atoms with Crippen molar-refractivity contribution < 1.29 is 9.72 Å². The number of nitrogens with zero attached hydrogens (tertiary/aromatic N) is 3. The number of nitro benzene ring substituents is 1. The first kappa shape index (κ1) is 18.1. The van der Waals surface area contributed by atoms with Gasteiger partial charge in [-0.2, -0.15) is 5.10 Å². The summed E-state index contributed by atoms with van der Waals surface area (Å²) in [6.07, 6.45) is 1.45. The zero-order chi connectivity index (χ0) is 19.4. The Labute approximate surface area is 156 Å². The van der Waals surface area contributed by atoms with Crippen LogP contribution in [0.4, 0.5) is 11.4 Å². The Morgan fingerprint density at radius 1 is 1.15 bits per heavy atom. The second kappa shape index (κ2) is 7.69. The topological polar surface area (TPSA) is 104 Å². The number of aromatic amines is 1. The van der Waals surface area contributed by atoms with Crippen LogP contribution in [0.15, 0.2) is 54.7 Å². The van der Waals surface area contributed by atoms with Crippen LogP contribution >= 0.6 is 0 Å². The van der Waals surface area contributed by atoms with Crippen LogP contribution in [0, 0.1) is 10.1 Å². The van der Waals surface area contributed by atoms with Gasteiger partial charge in [0.1, 0.15) is 0 Å². The van der Waals surface area contributed by atoms with E-state index in [0.29, 0.717) is 23.4 Å². The van der Waals surface area contributed by atoms with E-state index in [4.69, 9.17) is 0 Å². The minimum Gasteiger partial charge on any atom is -0.378 e. The molecule has 0 bridgehead atoms. The molecule has 2 aromatic carbocycles. The van der Waals surface area contributed by atoms with Gasteiger partial charge in [-0.1, -0.05) is 12.1 Å². The van der Waals surface area contributed by atoms with Crippen molar-refractivity contribution in [1.82, 2.24) is 15.5 Å². The summed E-state index contributed by atoms with van der Waals surface area (Å²) in [6, 6.07) is 13.9. The highest BCUT2D eigenvalue weighted by molar-refractivity contribution is 5.99. The second-order valence-corrected chi connectivity index (χ2v) is 6.21. The van der Waals surface area contributed by atoms with E-state index in [1.165, 1.54) is 18.3 Å². The van der Waals surface area contributed by atoms with E-state index < -0.39 is 4.92 Å². The fourth-order valence-corrected chi connectivity index (χ4v) is 2.62. The predicted octanol–water partition coefficient (Wildman–Crippen LogP) is 2.98. The molecule has 2 N–H and O–H groups in total. The summed E-state index contributed by atoms with van der Waals surface area (Å²) < 4.78 is 0. The minimum atomic E-state index is -0.466. The number of benzene rings is 2. The Hall–Kier alpha value is -3.68. The molecule has 0 atom stereocenters. The standard InChI is InChI=1S/C19H19N5O3/c1-23(2)15-7-3-13(4-8-15)11-20-19(25)17-12-21-22-18(17)14-5-9-16(10-6-14)24(26)27/h3-10,12H,11H2,1-2H3,(H,20,25)(H,21,22). The van der Waals surface area contributed by atoms with E-state index in [2.05, 4.69) is 15.5 Å². The van der Waals surface area contributed by atoms with E-state index in [1.807, 2.05) is 43.3 Å². The first-order valence-corrected chi connectivity index (χ1v) is 8.28. The number of nitro groups is 1. The molecule has 3 aromatic rings. The molecule has 0 spiro atoms. The maximum Gasteiger partial charge on any atom is 0.269 e. The number of hydrogen-bond acceptors (Lipinski definition) is 5. The summed E-state index contributed by atoms with van der Waals surface area (Å²) in [5.41, 5.74) is 3.61. The Balaban J connectivity index is 1.71. The molecule has 8 heteroatoms. The monoisotopic (exact) mass is 365 g/mol. The molecule has 0 radical (unpaired) electrons. The molecule has 0 fully saturated rings. The fraction of sp³-hybridized carbons (Fsp3) is 0.158. The number of hydrogen-bond donors (Lipinski definition) is 2. The summed E-state index contributed by atoms with van der Waals surface area (Å²) in [6.45, 7) is 0.386. The molecule has 1 aromatic heterocycles. The van der Waals surface area contributed by atoms with E-state index in [-0.39, 0.29) is 11.6 Å². The highest BCUT2D eigenvalue weighted by atomic mass is 16.6. The largest absolute Gasteiger partial charge is 0.378 e. The molecule has 0 saturated carbocycles. The van der Waals surface area contributed by atoms with E-state index >= 15 is 0 Å². The zero-order valence-corrected chi connectivity index (χ0v) is 15.0. The van der Waals surface area contributed by atoms with Crippen molar-refractivity contribution in [1.29, 1.82) is 0 Å². The van der Waals surface area contributed by atoms with Crippen molar-refractivity contribution in [2.45, 2.75) is 6.54 Å². The summed E-state index contributed by atoms with van der Waals surface area (Å²) >= 11 is 0. The van der Waals surface area contributed by atoms with Crippen molar-refractivity contribution in [3.05, 3.63) is 76.0 Å². The number of rotatable bonds is 6. The van der Waals surface area contributed by atoms with E-state index in [0.717, 1.165) is 11.3 Å². The predicted molar refractivity (Wildman–Crippen MR) is 103 cm³/mol. The van der Waals surface area contributed by atoms with Gasteiger partial charge >= 0.3 is 0 Å². The van der Waals surface area contributed by atoms with Crippen LogP contribution in [0.2, 0.25) is 0 Å². The number of nitrogens with one attached hydrogen (secondary N) is 2. The Bertz CT molecular complexity index is 946. The average Bonchev–Trinajstić information content (AvgIpc) is 3.16. The third-order valence-corrected chi connectivity index (χ3v) is 4.16. The van der Waals surface area contributed by atoms with Crippen molar-refractivity contribution in [3.8, 4) is 11.3 Å². The number of H-pyrrole nitrogens is 1. The van der Waals surface area contributed by atoms with Gasteiger partial charge in [0, 0.05) is 44.0 Å². The summed E-state index contributed by atoms with van der Waals surface area (Å²) in [4.78, 5) is 24.8. The third-order valence-electron chi connectivity index (χ3n) is 4.16. The van der Waals surface area contributed by atoms with Gasteiger partial charge in [-0.05, 0) is 29.8 Å². The molecule has 0 aliphatic heterocycles. The van der Waals surface area contributed by atoms with Gasteiger partial charge in [-0.15, -0.1) is 0 Å². The van der Waals surface area contributed by atoms with Gasteiger partial charge in [0.2, 0.25) is 0 Å². The summed E-state index contributed by atoms with van der Waals surface area (Å²) in [5, 5.41) is 20.4. The molecule has 0 aliphatic rings. The van der Waals surface area contributed by atoms with Crippen molar-refractivity contribution in [2.24, 2.45) is 0 Å². The first-order valence-electron chi connectivity index (χ1n) is 8.28. The smallest absolute Gasteiger partial charge is 0.269 e.